The van der Waals surface area contributed by atoms with Gasteiger partial charge in [-0.3, -0.25) is 4.79 Å². The average molecular weight is 388 g/mol. The summed E-state index contributed by atoms with van der Waals surface area (Å²) in [6.45, 7) is 6.39. The van der Waals surface area contributed by atoms with Crippen LogP contribution in [0.1, 0.15) is 21.5 Å². The van der Waals surface area contributed by atoms with Crippen LogP contribution < -0.4 is 5.32 Å². The summed E-state index contributed by atoms with van der Waals surface area (Å²) >= 11 is 0. The molecule has 27 heavy (non-hydrogen) atoms. The van der Waals surface area contributed by atoms with Crippen LogP contribution in [0.3, 0.4) is 0 Å². The summed E-state index contributed by atoms with van der Waals surface area (Å²) < 4.78 is 27.0. The van der Waals surface area contributed by atoms with Gasteiger partial charge in [-0.2, -0.15) is 4.31 Å². The van der Waals surface area contributed by atoms with Gasteiger partial charge in [0.05, 0.1) is 4.90 Å². The molecular weight excluding hydrogens is 362 g/mol. The standard InChI is InChI=1S/C20H25N3O3S/c1-15-4-5-17(14-16(15)2)20(24)21-18-6-8-19(9-7-18)27(25,26)23-12-10-22(3)11-13-23/h4-9,14H,10-13H2,1-3H3,(H,21,24). The minimum Gasteiger partial charge on any atom is -0.322 e. The molecule has 0 saturated carbocycles. The number of likely N-dealkylation sites (N-methyl/N-ethyl adjacent to an activating group) is 1. The molecule has 1 saturated heterocycles. The lowest BCUT2D eigenvalue weighted by Gasteiger charge is -2.31. The quantitative estimate of drug-likeness (QED) is 0.875. The van der Waals surface area contributed by atoms with E-state index in [1.165, 1.54) is 4.31 Å². The summed E-state index contributed by atoms with van der Waals surface area (Å²) in [4.78, 5) is 14.8. The number of nitrogens with zero attached hydrogens (tertiary/aromatic N) is 2. The Bertz CT molecular complexity index is 931. The van der Waals surface area contributed by atoms with Crippen molar-refractivity contribution in [3.8, 4) is 0 Å². The molecular formula is C20H25N3O3S. The summed E-state index contributed by atoms with van der Waals surface area (Å²) in [7, 11) is -1.52. The lowest BCUT2D eigenvalue weighted by molar-refractivity contribution is 0.102. The van der Waals surface area contributed by atoms with Gasteiger partial charge in [0.1, 0.15) is 0 Å². The fourth-order valence-electron chi connectivity index (χ4n) is 2.97. The van der Waals surface area contributed by atoms with Gasteiger partial charge in [0.15, 0.2) is 0 Å². The van der Waals surface area contributed by atoms with Crippen molar-refractivity contribution in [1.29, 1.82) is 0 Å². The summed E-state index contributed by atoms with van der Waals surface area (Å²) in [6.07, 6.45) is 0. The van der Waals surface area contributed by atoms with E-state index < -0.39 is 10.0 Å². The minimum absolute atomic E-state index is 0.215. The van der Waals surface area contributed by atoms with Crippen LogP contribution in [0, 0.1) is 13.8 Å². The maximum atomic E-state index is 12.7. The third-order valence-corrected chi connectivity index (χ3v) is 6.89. The van der Waals surface area contributed by atoms with E-state index >= 15 is 0 Å². The molecule has 3 rings (SSSR count). The van der Waals surface area contributed by atoms with Gasteiger partial charge in [0.2, 0.25) is 10.0 Å². The van der Waals surface area contributed by atoms with E-state index in [1.807, 2.05) is 33.0 Å². The Hall–Kier alpha value is -2.22. The smallest absolute Gasteiger partial charge is 0.255 e. The second-order valence-electron chi connectivity index (χ2n) is 6.98. The molecule has 0 atom stereocenters. The predicted octanol–water partition coefficient (Wildman–Crippen LogP) is 2.49. The number of anilines is 1. The van der Waals surface area contributed by atoms with Crippen LogP contribution in [-0.2, 0) is 10.0 Å². The van der Waals surface area contributed by atoms with Gasteiger partial charge >= 0.3 is 0 Å². The maximum Gasteiger partial charge on any atom is 0.255 e. The number of benzene rings is 2. The summed E-state index contributed by atoms with van der Waals surface area (Å²) in [5.41, 5.74) is 3.32. The van der Waals surface area contributed by atoms with E-state index in [-0.39, 0.29) is 10.8 Å². The Kier molecular flexibility index (Phi) is 5.64. The molecule has 144 valence electrons. The van der Waals surface area contributed by atoms with Gasteiger partial charge in [0, 0.05) is 37.4 Å². The predicted molar refractivity (Wildman–Crippen MR) is 107 cm³/mol. The van der Waals surface area contributed by atoms with E-state index in [4.69, 9.17) is 0 Å². The number of rotatable bonds is 4. The number of piperazine rings is 1. The van der Waals surface area contributed by atoms with Crippen LogP contribution >= 0.6 is 0 Å². The first kappa shape index (κ1) is 19.5. The van der Waals surface area contributed by atoms with Crippen LogP contribution in [0.25, 0.3) is 0 Å². The first-order valence-electron chi connectivity index (χ1n) is 8.95. The van der Waals surface area contributed by atoms with Crippen molar-refractivity contribution in [2.24, 2.45) is 0 Å². The number of hydrogen-bond acceptors (Lipinski definition) is 4. The molecule has 0 aromatic heterocycles. The van der Waals surface area contributed by atoms with Gasteiger partial charge in [-0.15, -0.1) is 0 Å². The molecule has 0 radical (unpaired) electrons. The highest BCUT2D eigenvalue weighted by atomic mass is 32.2. The van der Waals surface area contributed by atoms with E-state index in [1.54, 1.807) is 30.3 Å². The van der Waals surface area contributed by atoms with E-state index in [9.17, 15) is 13.2 Å². The highest BCUT2D eigenvalue weighted by molar-refractivity contribution is 7.89. The van der Waals surface area contributed by atoms with Crippen molar-refractivity contribution in [3.63, 3.8) is 0 Å². The lowest BCUT2D eigenvalue weighted by Crippen LogP contribution is -2.46. The molecule has 1 amide bonds. The fraction of sp³-hybridized carbons (Fsp3) is 0.350. The number of aryl methyl sites for hydroxylation is 2. The third kappa shape index (κ3) is 4.37. The number of carbonyl (C=O) groups is 1. The molecule has 1 N–H and O–H groups in total. The van der Waals surface area contributed by atoms with Crippen LogP contribution in [0.5, 0.6) is 0 Å². The highest BCUT2D eigenvalue weighted by Gasteiger charge is 2.27. The Morgan fingerprint density at radius 2 is 1.56 bits per heavy atom. The molecule has 1 fully saturated rings. The van der Waals surface area contributed by atoms with Gasteiger partial charge in [-0.25, -0.2) is 8.42 Å². The molecule has 1 heterocycles. The molecule has 7 heteroatoms. The zero-order valence-corrected chi connectivity index (χ0v) is 16.7. The Morgan fingerprint density at radius 3 is 2.15 bits per heavy atom. The molecule has 1 aliphatic heterocycles. The van der Waals surface area contributed by atoms with Crippen LogP contribution in [-0.4, -0.2) is 56.8 Å². The number of amides is 1. The normalized spacial score (nSPS) is 16.3. The minimum atomic E-state index is -3.50. The summed E-state index contributed by atoms with van der Waals surface area (Å²) in [5, 5.41) is 2.81. The average Bonchev–Trinajstić information content (AvgIpc) is 2.64. The number of carbonyl (C=O) groups excluding carboxylic acids is 1. The van der Waals surface area contributed by atoms with Gasteiger partial charge in [0.25, 0.3) is 5.91 Å². The molecule has 0 unspecified atom stereocenters. The Morgan fingerprint density at radius 1 is 0.926 bits per heavy atom. The van der Waals surface area contributed by atoms with E-state index in [0.717, 1.165) is 24.2 Å². The summed E-state index contributed by atoms with van der Waals surface area (Å²) in [5.74, 6) is -0.215. The monoisotopic (exact) mass is 387 g/mol. The SMILES string of the molecule is Cc1ccc(C(=O)Nc2ccc(S(=O)(=O)N3CCN(C)CC3)cc2)cc1C. The largest absolute Gasteiger partial charge is 0.322 e. The van der Waals surface area contributed by atoms with Crippen molar-refractivity contribution >= 4 is 21.6 Å². The molecule has 1 aliphatic rings. The van der Waals surface area contributed by atoms with Gasteiger partial charge in [-0.05, 0) is 68.4 Å². The second kappa shape index (κ2) is 7.80. The van der Waals surface area contributed by atoms with Crippen LogP contribution in [0.4, 0.5) is 5.69 Å². The van der Waals surface area contributed by atoms with Crippen LogP contribution in [0.15, 0.2) is 47.4 Å². The Labute approximate surface area is 160 Å². The van der Waals surface area contributed by atoms with Crippen molar-refractivity contribution in [1.82, 2.24) is 9.21 Å². The fourth-order valence-corrected chi connectivity index (χ4v) is 4.40. The Balaban J connectivity index is 1.71. The first-order valence-corrected chi connectivity index (χ1v) is 10.4. The molecule has 6 nitrogen and oxygen atoms in total. The molecule has 0 spiro atoms. The second-order valence-corrected chi connectivity index (χ2v) is 8.92. The zero-order chi connectivity index (χ0) is 19.6. The molecule has 2 aromatic carbocycles. The van der Waals surface area contributed by atoms with Crippen molar-refractivity contribution < 1.29 is 13.2 Å². The first-order chi connectivity index (χ1) is 12.8. The van der Waals surface area contributed by atoms with Gasteiger partial charge in [-0.1, -0.05) is 6.07 Å². The number of nitrogens with one attached hydrogen (secondary N) is 1. The summed E-state index contributed by atoms with van der Waals surface area (Å²) in [6, 6.07) is 11.9. The number of sulfonamides is 1. The topological polar surface area (TPSA) is 69.7 Å². The number of hydrogen-bond donors (Lipinski definition) is 1. The van der Waals surface area contributed by atoms with E-state index in [2.05, 4.69) is 10.2 Å². The van der Waals surface area contributed by atoms with Crippen LogP contribution in [0.2, 0.25) is 0 Å². The van der Waals surface area contributed by atoms with Crippen molar-refractivity contribution in [3.05, 3.63) is 59.2 Å². The molecule has 0 bridgehead atoms. The lowest BCUT2D eigenvalue weighted by atomic mass is 10.1. The third-order valence-electron chi connectivity index (χ3n) is 4.98. The van der Waals surface area contributed by atoms with Gasteiger partial charge < -0.3 is 10.2 Å². The maximum absolute atomic E-state index is 12.7. The zero-order valence-electron chi connectivity index (χ0n) is 15.9. The molecule has 2 aromatic rings. The van der Waals surface area contributed by atoms with E-state index in [0.29, 0.717) is 24.3 Å². The van der Waals surface area contributed by atoms with Crippen molar-refractivity contribution in [2.45, 2.75) is 18.7 Å². The molecule has 0 aliphatic carbocycles. The van der Waals surface area contributed by atoms with Crippen molar-refractivity contribution in [2.75, 3.05) is 38.5 Å². The highest BCUT2D eigenvalue weighted by Crippen LogP contribution is 2.20.